The van der Waals surface area contributed by atoms with E-state index < -0.39 is 11.1 Å². The van der Waals surface area contributed by atoms with E-state index >= 15 is 0 Å². The van der Waals surface area contributed by atoms with E-state index in [0.29, 0.717) is 24.5 Å². The Hall–Kier alpha value is -3.06. The summed E-state index contributed by atoms with van der Waals surface area (Å²) in [7, 11) is 5.04. The van der Waals surface area contributed by atoms with Crippen LogP contribution in [0.2, 0.25) is 0 Å². The second kappa shape index (κ2) is 6.47. The molecule has 1 spiro atoms. The highest BCUT2D eigenvalue weighted by molar-refractivity contribution is 6.14. The molecule has 2 fully saturated rings. The number of carbonyl (C=O) groups is 2. The summed E-state index contributed by atoms with van der Waals surface area (Å²) in [6, 6.07) is 11.8. The fraction of sp³-hybridized carbons (Fsp3) is 0.391. The first-order valence-electron chi connectivity index (χ1n) is 10.2. The molecule has 2 aromatic carbocycles. The Morgan fingerprint density at radius 2 is 1.77 bits per heavy atom. The molecule has 7 heteroatoms. The number of methoxy groups -OCH3 is 2. The zero-order chi connectivity index (χ0) is 21.1. The maximum Gasteiger partial charge on any atom is 0.229 e. The number of para-hydroxylation sites is 1. The summed E-state index contributed by atoms with van der Waals surface area (Å²) in [6.45, 7) is 0.614. The van der Waals surface area contributed by atoms with E-state index in [4.69, 9.17) is 9.47 Å². The lowest BCUT2D eigenvalue weighted by Crippen LogP contribution is -2.71. The van der Waals surface area contributed by atoms with E-state index in [9.17, 15) is 9.59 Å². The van der Waals surface area contributed by atoms with Gasteiger partial charge in [0.2, 0.25) is 5.91 Å². The minimum Gasteiger partial charge on any atom is -0.492 e. The highest BCUT2D eigenvalue weighted by atomic mass is 16.5. The largest absolute Gasteiger partial charge is 0.492 e. The third kappa shape index (κ3) is 1.98. The van der Waals surface area contributed by atoms with Gasteiger partial charge in [-0.1, -0.05) is 24.3 Å². The predicted molar refractivity (Wildman–Crippen MR) is 113 cm³/mol. The van der Waals surface area contributed by atoms with Gasteiger partial charge in [-0.15, -0.1) is 0 Å². The molecule has 156 valence electrons. The number of carbonyl (C=O) groups excluding carboxylic acids is 2. The van der Waals surface area contributed by atoms with E-state index in [1.54, 1.807) is 19.1 Å². The van der Waals surface area contributed by atoms with Crippen LogP contribution in [0.3, 0.4) is 0 Å². The van der Waals surface area contributed by atoms with Gasteiger partial charge in [-0.25, -0.2) is 0 Å². The normalized spacial score (nSPS) is 26.8. The number of anilines is 2. The number of rotatable bonds is 4. The maximum absolute atomic E-state index is 13.6. The fourth-order valence-electron chi connectivity index (χ4n) is 5.84. The van der Waals surface area contributed by atoms with E-state index in [2.05, 4.69) is 10.6 Å². The van der Waals surface area contributed by atoms with Gasteiger partial charge in [0.25, 0.3) is 0 Å². The number of Topliss-reactive ketones (excluding diaryl/α,β-unsaturated/α-hetero) is 1. The van der Waals surface area contributed by atoms with Gasteiger partial charge in [-0.3, -0.25) is 19.8 Å². The van der Waals surface area contributed by atoms with Crippen molar-refractivity contribution in [3.8, 4) is 11.5 Å². The van der Waals surface area contributed by atoms with Crippen LogP contribution in [0.4, 0.5) is 11.4 Å². The molecule has 7 nitrogen and oxygen atoms in total. The molecule has 0 aromatic heterocycles. The molecule has 3 aliphatic heterocycles. The molecule has 0 aliphatic carbocycles. The number of hydrogen-bond acceptors (Lipinski definition) is 6. The Balaban J connectivity index is 1.89. The second-order valence-corrected chi connectivity index (χ2v) is 7.94. The summed E-state index contributed by atoms with van der Waals surface area (Å²) >= 11 is 0. The Morgan fingerprint density at radius 1 is 1.00 bits per heavy atom. The van der Waals surface area contributed by atoms with Gasteiger partial charge in [0.1, 0.15) is 0 Å². The third-order valence-corrected chi connectivity index (χ3v) is 6.91. The molecule has 2 atom stereocenters. The van der Waals surface area contributed by atoms with Crippen molar-refractivity contribution in [2.24, 2.45) is 0 Å². The number of ketones is 1. The number of piperidine rings is 1. The van der Waals surface area contributed by atoms with E-state index in [1.807, 2.05) is 43.4 Å². The van der Waals surface area contributed by atoms with Gasteiger partial charge >= 0.3 is 0 Å². The maximum atomic E-state index is 13.6. The lowest BCUT2D eigenvalue weighted by Gasteiger charge is -2.47. The smallest absolute Gasteiger partial charge is 0.229 e. The molecule has 5 rings (SSSR count). The van der Waals surface area contributed by atoms with Crippen LogP contribution < -0.4 is 25.0 Å². The van der Waals surface area contributed by atoms with E-state index in [-0.39, 0.29) is 24.5 Å². The molecule has 30 heavy (non-hydrogen) atoms. The van der Waals surface area contributed by atoms with Gasteiger partial charge in [-0.05, 0) is 30.7 Å². The van der Waals surface area contributed by atoms with Gasteiger partial charge in [0.05, 0.1) is 31.0 Å². The lowest BCUT2D eigenvalue weighted by molar-refractivity contribution is -0.135. The Morgan fingerprint density at radius 3 is 2.50 bits per heavy atom. The molecule has 0 unspecified atom stereocenters. The average molecular weight is 407 g/mol. The van der Waals surface area contributed by atoms with Crippen molar-refractivity contribution in [1.29, 1.82) is 0 Å². The fourth-order valence-corrected chi connectivity index (χ4v) is 5.84. The predicted octanol–water partition coefficient (Wildman–Crippen LogP) is 2.43. The average Bonchev–Trinajstić information content (AvgIpc) is 3.27. The highest BCUT2D eigenvalue weighted by Gasteiger charge is 2.72. The second-order valence-electron chi connectivity index (χ2n) is 7.94. The molecule has 2 N–H and O–H groups in total. The zero-order valence-electron chi connectivity index (χ0n) is 17.4. The third-order valence-electron chi connectivity index (χ3n) is 6.91. The van der Waals surface area contributed by atoms with Crippen LogP contribution in [-0.4, -0.2) is 45.2 Å². The molecule has 0 saturated carbocycles. The minimum atomic E-state index is -1.15. The number of nitrogens with zero attached hydrogens (tertiary/aromatic N) is 1. The molecule has 3 aliphatic rings. The van der Waals surface area contributed by atoms with Crippen LogP contribution in [0.5, 0.6) is 11.5 Å². The SMILES string of the molecule is CNc1ccc([C@]23CCN[C@]24C(=O)CCC(=O)N4c2ccccc23)c(OC)c1OC. The van der Waals surface area contributed by atoms with Gasteiger partial charge in [-0.2, -0.15) is 0 Å². The van der Waals surface area contributed by atoms with Crippen LogP contribution >= 0.6 is 0 Å². The number of nitrogens with one attached hydrogen (secondary N) is 2. The Kier molecular flexibility index (Phi) is 4.08. The van der Waals surface area contributed by atoms with Crippen molar-refractivity contribution in [2.45, 2.75) is 30.3 Å². The molecule has 2 aromatic rings. The molecule has 1 amide bonds. The lowest BCUT2D eigenvalue weighted by atomic mass is 9.64. The van der Waals surface area contributed by atoms with Crippen molar-refractivity contribution in [1.82, 2.24) is 5.32 Å². The summed E-state index contributed by atoms with van der Waals surface area (Å²) in [5.41, 5.74) is 1.50. The van der Waals surface area contributed by atoms with E-state index in [1.165, 1.54) is 0 Å². The first-order valence-corrected chi connectivity index (χ1v) is 10.2. The summed E-state index contributed by atoms with van der Waals surface area (Å²) < 4.78 is 11.6. The van der Waals surface area contributed by atoms with Gasteiger partial charge in [0, 0.05) is 25.5 Å². The molecule has 3 heterocycles. The summed E-state index contributed by atoms with van der Waals surface area (Å²) in [4.78, 5) is 28.5. The van der Waals surface area contributed by atoms with Gasteiger partial charge in [0.15, 0.2) is 22.9 Å². The quantitative estimate of drug-likeness (QED) is 0.811. The molecule has 0 bridgehead atoms. The molecular weight excluding hydrogens is 382 g/mol. The van der Waals surface area contributed by atoms with Gasteiger partial charge < -0.3 is 14.8 Å². The van der Waals surface area contributed by atoms with Crippen LogP contribution in [0, 0.1) is 0 Å². The summed E-state index contributed by atoms with van der Waals surface area (Å²) in [5.74, 6) is 1.17. The number of hydrogen-bond donors (Lipinski definition) is 2. The topological polar surface area (TPSA) is 79.9 Å². The first-order chi connectivity index (χ1) is 14.6. The van der Waals surface area contributed by atoms with Crippen LogP contribution in [0.15, 0.2) is 36.4 Å². The summed E-state index contributed by atoms with van der Waals surface area (Å²) in [6.07, 6.45) is 1.12. The molecule has 2 saturated heterocycles. The van der Waals surface area contributed by atoms with Crippen LogP contribution in [-0.2, 0) is 15.0 Å². The number of benzene rings is 2. The van der Waals surface area contributed by atoms with Crippen LogP contribution in [0.1, 0.15) is 30.4 Å². The Bertz CT molecular complexity index is 1070. The van der Waals surface area contributed by atoms with Crippen molar-refractivity contribution in [3.63, 3.8) is 0 Å². The Labute approximate surface area is 175 Å². The molecule has 0 radical (unpaired) electrons. The number of fused-ring (bicyclic) bond motifs is 3. The van der Waals surface area contributed by atoms with Crippen molar-refractivity contribution < 1.29 is 19.1 Å². The highest BCUT2D eigenvalue weighted by Crippen LogP contribution is 2.63. The first kappa shape index (κ1) is 18.9. The van der Waals surface area contributed by atoms with E-state index in [0.717, 1.165) is 22.5 Å². The minimum absolute atomic E-state index is 0.0314. The van der Waals surface area contributed by atoms with Crippen molar-refractivity contribution in [3.05, 3.63) is 47.5 Å². The zero-order valence-corrected chi connectivity index (χ0v) is 17.4. The standard InChI is InChI=1S/C23H25N3O4/c1-24-16-9-8-15(20(29-2)21(16)30-3)22-12-13-25-23(22)18(27)10-11-19(28)26(23)17-7-5-4-6-14(17)22/h4-9,24-25H,10-13H2,1-3H3/t22-,23+/m1/s1. The van der Waals surface area contributed by atoms with Crippen molar-refractivity contribution in [2.75, 3.05) is 38.0 Å². The number of amides is 1. The number of ether oxygens (including phenoxy) is 2. The summed E-state index contributed by atoms with van der Waals surface area (Å²) in [5, 5.41) is 6.60. The molecular formula is C23H25N3O4. The van der Waals surface area contributed by atoms with Crippen molar-refractivity contribution >= 4 is 23.1 Å². The van der Waals surface area contributed by atoms with Crippen LogP contribution in [0.25, 0.3) is 0 Å². The monoisotopic (exact) mass is 407 g/mol.